The molecule has 0 radical (unpaired) electrons. The molecule has 1 aromatic carbocycles. The van der Waals surface area contributed by atoms with Gasteiger partial charge in [0.05, 0.1) is 13.2 Å². The Hall–Kier alpha value is -2.48. The predicted octanol–water partition coefficient (Wildman–Crippen LogP) is 3.63. The highest BCUT2D eigenvalue weighted by Crippen LogP contribution is 2.26. The first kappa shape index (κ1) is 18.9. The maximum Gasteiger partial charge on any atom is 0.271 e. The number of rotatable bonds is 5. The number of ether oxygens (including phenoxy) is 1. The SMILES string of the molecule is O=C(NCc1cccnc1N1CCOCC1)c1csc(-c2cccc(Cl)c2)n1. The van der Waals surface area contributed by atoms with E-state index in [4.69, 9.17) is 16.3 Å². The fourth-order valence-electron chi connectivity index (χ4n) is 3.03. The van der Waals surface area contributed by atoms with E-state index in [1.165, 1.54) is 11.3 Å². The number of nitrogens with one attached hydrogen (secondary N) is 1. The summed E-state index contributed by atoms with van der Waals surface area (Å²) in [5.41, 5.74) is 2.28. The second-order valence-corrected chi connectivity index (χ2v) is 7.61. The zero-order valence-corrected chi connectivity index (χ0v) is 16.7. The molecule has 3 heterocycles. The Labute approximate surface area is 172 Å². The van der Waals surface area contributed by atoms with Gasteiger partial charge in [0, 0.05) is 47.4 Å². The van der Waals surface area contributed by atoms with Crippen LogP contribution in [0.25, 0.3) is 10.6 Å². The Morgan fingerprint density at radius 1 is 1.25 bits per heavy atom. The monoisotopic (exact) mass is 414 g/mol. The van der Waals surface area contributed by atoms with Crippen molar-refractivity contribution in [1.29, 1.82) is 0 Å². The van der Waals surface area contributed by atoms with Gasteiger partial charge in [-0.2, -0.15) is 0 Å². The molecule has 0 bridgehead atoms. The number of hydrogen-bond acceptors (Lipinski definition) is 6. The van der Waals surface area contributed by atoms with E-state index in [1.54, 1.807) is 11.6 Å². The van der Waals surface area contributed by atoms with Crippen molar-refractivity contribution in [3.05, 3.63) is 64.3 Å². The summed E-state index contributed by atoms with van der Waals surface area (Å²) in [7, 11) is 0. The molecule has 0 saturated carbocycles. The largest absolute Gasteiger partial charge is 0.378 e. The molecule has 6 nitrogen and oxygen atoms in total. The van der Waals surface area contributed by atoms with Gasteiger partial charge >= 0.3 is 0 Å². The molecule has 2 aromatic heterocycles. The summed E-state index contributed by atoms with van der Waals surface area (Å²) < 4.78 is 5.41. The summed E-state index contributed by atoms with van der Waals surface area (Å²) in [6, 6.07) is 11.3. The lowest BCUT2D eigenvalue weighted by atomic mass is 10.2. The third kappa shape index (κ3) is 4.32. The van der Waals surface area contributed by atoms with E-state index in [1.807, 2.05) is 36.4 Å². The van der Waals surface area contributed by atoms with Gasteiger partial charge in [-0.3, -0.25) is 4.79 Å². The van der Waals surface area contributed by atoms with E-state index >= 15 is 0 Å². The van der Waals surface area contributed by atoms with Gasteiger partial charge in [-0.15, -0.1) is 11.3 Å². The van der Waals surface area contributed by atoms with Gasteiger partial charge in [0.2, 0.25) is 0 Å². The van der Waals surface area contributed by atoms with Crippen molar-refractivity contribution >= 4 is 34.7 Å². The minimum absolute atomic E-state index is 0.207. The van der Waals surface area contributed by atoms with Crippen LogP contribution < -0.4 is 10.2 Å². The summed E-state index contributed by atoms with van der Waals surface area (Å²) in [5.74, 6) is 0.685. The molecule has 1 amide bonds. The topological polar surface area (TPSA) is 67.4 Å². The van der Waals surface area contributed by atoms with Crippen LogP contribution in [0.1, 0.15) is 16.1 Å². The predicted molar refractivity (Wildman–Crippen MR) is 111 cm³/mol. The number of benzene rings is 1. The lowest BCUT2D eigenvalue weighted by Gasteiger charge is -2.29. The number of halogens is 1. The first-order valence-electron chi connectivity index (χ1n) is 8.97. The molecule has 1 fully saturated rings. The van der Waals surface area contributed by atoms with Crippen LogP contribution in [0, 0.1) is 0 Å². The number of amides is 1. The molecule has 0 atom stereocenters. The molecule has 3 aromatic rings. The molecule has 4 rings (SSSR count). The van der Waals surface area contributed by atoms with Gasteiger partial charge in [-0.1, -0.05) is 29.8 Å². The Morgan fingerprint density at radius 3 is 2.93 bits per heavy atom. The second-order valence-electron chi connectivity index (χ2n) is 6.32. The zero-order chi connectivity index (χ0) is 19.3. The fraction of sp³-hybridized carbons (Fsp3) is 0.250. The number of anilines is 1. The van der Waals surface area contributed by atoms with Crippen LogP contribution in [0.4, 0.5) is 5.82 Å². The number of thiazole rings is 1. The quantitative estimate of drug-likeness (QED) is 0.690. The highest BCUT2D eigenvalue weighted by Gasteiger charge is 2.17. The number of carbonyl (C=O) groups excluding carboxylic acids is 1. The Kier molecular flexibility index (Phi) is 5.85. The van der Waals surface area contributed by atoms with E-state index in [-0.39, 0.29) is 5.91 Å². The number of aromatic nitrogens is 2. The molecular formula is C20H19ClN4O2S. The van der Waals surface area contributed by atoms with Gasteiger partial charge in [0.1, 0.15) is 16.5 Å². The standard InChI is InChI=1S/C20H19ClN4O2S/c21-16-5-1-3-14(11-16)20-24-17(13-28-20)19(26)23-12-15-4-2-6-22-18(15)25-7-9-27-10-8-25/h1-6,11,13H,7-10,12H2,(H,23,26). The third-order valence-electron chi connectivity index (χ3n) is 4.43. The smallest absolute Gasteiger partial charge is 0.271 e. The molecule has 28 heavy (non-hydrogen) atoms. The van der Waals surface area contributed by atoms with E-state index in [2.05, 4.69) is 20.2 Å². The van der Waals surface area contributed by atoms with Crippen molar-refractivity contribution in [1.82, 2.24) is 15.3 Å². The number of nitrogens with zero attached hydrogens (tertiary/aromatic N) is 3. The van der Waals surface area contributed by atoms with Crippen molar-refractivity contribution in [2.75, 3.05) is 31.2 Å². The second kappa shape index (κ2) is 8.68. The fourth-order valence-corrected chi connectivity index (χ4v) is 4.01. The normalized spacial score (nSPS) is 14.1. The van der Waals surface area contributed by atoms with Crippen LogP contribution in [0.15, 0.2) is 48.0 Å². The van der Waals surface area contributed by atoms with Crippen LogP contribution in [-0.4, -0.2) is 42.2 Å². The number of morpholine rings is 1. The number of pyridine rings is 1. The summed E-state index contributed by atoms with van der Waals surface area (Å²) in [5, 5.41) is 6.12. The minimum Gasteiger partial charge on any atom is -0.378 e. The lowest BCUT2D eigenvalue weighted by molar-refractivity contribution is 0.0946. The van der Waals surface area contributed by atoms with E-state index in [9.17, 15) is 4.79 Å². The maximum atomic E-state index is 12.6. The zero-order valence-electron chi connectivity index (χ0n) is 15.1. The van der Waals surface area contributed by atoms with E-state index in [0.29, 0.717) is 30.5 Å². The Bertz CT molecular complexity index is 972. The van der Waals surface area contributed by atoms with Gasteiger partial charge in [-0.05, 0) is 18.2 Å². The molecule has 1 aliphatic heterocycles. The number of carbonyl (C=O) groups is 1. The molecule has 144 valence electrons. The molecule has 8 heteroatoms. The average molecular weight is 415 g/mol. The van der Waals surface area contributed by atoms with Crippen molar-refractivity contribution in [2.45, 2.75) is 6.54 Å². The van der Waals surface area contributed by atoms with Crippen LogP contribution in [-0.2, 0) is 11.3 Å². The Morgan fingerprint density at radius 2 is 2.11 bits per heavy atom. The molecule has 1 saturated heterocycles. The first-order chi connectivity index (χ1) is 13.7. The first-order valence-corrected chi connectivity index (χ1v) is 10.2. The van der Waals surface area contributed by atoms with Gasteiger partial charge in [0.15, 0.2) is 0 Å². The van der Waals surface area contributed by atoms with Crippen molar-refractivity contribution in [3.8, 4) is 10.6 Å². The van der Waals surface area contributed by atoms with E-state index < -0.39 is 0 Å². The van der Waals surface area contributed by atoms with Gasteiger partial charge < -0.3 is 15.0 Å². The molecule has 1 aliphatic rings. The van der Waals surface area contributed by atoms with Crippen molar-refractivity contribution in [2.24, 2.45) is 0 Å². The highest BCUT2D eigenvalue weighted by atomic mass is 35.5. The van der Waals surface area contributed by atoms with Crippen molar-refractivity contribution in [3.63, 3.8) is 0 Å². The lowest BCUT2D eigenvalue weighted by Crippen LogP contribution is -2.37. The third-order valence-corrected chi connectivity index (χ3v) is 5.55. The number of hydrogen-bond donors (Lipinski definition) is 1. The highest BCUT2D eigenvalue weighted by molar-refractivity contribution is 7.13. The molecule has 0 spiro atoms. The molecular weight excluding hydrogens is 396 g/mol. The van der Waals surface area contributed by atoms with Crippen LogP contribution in [0.2, 0.25) is 5.02 Å². The van der Waals surface area contributed by atoms with Crippen molar-refractivity contribution < 1.29 is 9.53 Å². The Balaban J connectivity index is 1.44. The summed E-state index contributed by atoms with van der Waals surface area (Å²) in [6.07, 6.45) is 1.77. The van der Waals surface area contributed by atoms with E-state index in [0.717, 1.165) is 35.0 Å². The van der Waals surface area contributed by atoms with Gasteiger partial charge in [0.25, 0.3) is 5.91 Å². The molecule has 1 N–H and O–H groups in total. The molecule has 0 unspecified atom stereocenters. The average Bonchev–Trinajstić information content (AvgIpc) is 3.23. The van der Waals surface area contributed by atoms with Crippen LogP contribution in [0.5, 0.6) is 0 Å². The summed E-state index contributed by atoms with van der Waals surface area (Å²) >= 11 is 7.46. The maximum absolute atomic E-state index is 12.6. The minimum atomic E-state index is -0.207. The van der Waals surface area contributed by atoms with Crippen LogP contribution >= 0.6 is 22.9 Å². The van der Waals surface area contributed by atoms with Crippen LogP contribution in [0.3, 0.4) is 0 Å². The van der Waals surface area contributed by atoms with Gasteiger partial charge in [-0.25, -0.2) is 9.97 Å². The summed E-state index contributed by atoms with van der Waals surface area (Å²) in [4.78, 5) is 23.7. The molecule has 0 aliphatic carbocycles. The summed E-state index contributed by atoms with van der Waals surface area (Å²) in [6.45, 7) is 3.37.